The van der Waals surface area contributed by atoms with E-state index in [4.69, 9.17) is 10.5 Å². The van der Waals surface area contributed by atoms with E-state index in [9.17, 15) is 5.11 Å². The first kappa shape index (κ1) is 7.43. The van der Waals surface area contributed by atoms with Crippen LogP contribution in [0.2, 0.25) is 0 Å². The summed E-state index contributed by atoms with van der Waals surface area (Å²) in [6.07, 6.45) is 0.230. The maximum absolute atomic E-state index is 9.55. The minimum absolute atomic E-state index is 0.419. The predicted octanol–water partition coefficient (Wildman–Crippen LogP) is 1.08. The lowest BCUT2D eigenvalue weighted by Gasteiger charge is -2.22. The quantitative estimate of drug-likeness (QED) is 0.566. The number of aliphatic hydroxyl groups is 1. The molecule has 0 bridgehead atoms. The smallest absolute Gasteiger partial charge is 0.147 e. The van der Waals surface area contributed by atoms with Gasteiger partial charge in [-0.15, -0.1) is 0 Å². The number of nitrogen functional groups attached to an aromatic ring is 1. The Kier molecular flexibility index (Phi) is 1.66. The summed E-state index contributed by atoms with van der Waals surface area (Å²) in [5.41, 5.74) is 7.08. The van der Waals surface area contributed by atoms with Crippen molar-refractivity contribution in [3.8, 4) is 5.75 Å². The second-order valence-corrected chi connectivity index (χ2v) is 2.92. The van der Waals surface area contributed by atoms with E-state index in [2.05, 4.69) is 0 Å². The van der Waals surface area contributed by atoms with Gasteiger partial charge in [-0.05, 0) is 6.07 Å². The van der Waals surface area contributed by atoms with E-state index in [1.807, 2.05) is 12.1 Å². The molecule has 2 rings (SSSR count). The Morgan fingerprint density at radius 3 is 3.08 bits per heavy atom. The normalized spacial score (nSPS) is 21.2. The van der Waals surface area contributed by atoms with Gasteiger partial charge in [0, 0.05) is 12.0 Å². The van der Waals surface area contributed by atoms with Crippen LogP contribution in [0, 0.1) is 0 Å². The third-order valence-electron chi connectivity index (χ3n) is 2.07. The lowest BCUT2D eigenvalue weighted by molar-refractivity contribution is 0.116. The van der Waals surface area contributed by atoms with Crippen LogP contribution in [-0.4, -0.2) is 11.7 Å². The fourth-order valence-electron chi connectivity index (χ4n) is 1.43. The van der Waals surface area contributed by atoms with Gasteiger partial charge in [0.2, 0.25) is 0 Å². The monoisotopic (exact) mass is 165 g/mol. The zero-order chi connectivity index (χ0) is 8.55. The fraction of sp³-hybridized carbons (Fsp3) is 0.333. The molecule has 3 nitrogen and oxygen atoms in total. The van der Waals surface area contributed by atoms with Crippen LogP contribution in [0.1, 0.15) is 18.1 Å². The van der Waals surface area contributed by atoms with Crippen molar-refractivity contribution in [1.29, 1.82) is 0 Å². The van der Waals surface area contributed by atoms with Gasteiger partial charge in [0.25, 0.3) is 0 Å². The number of hydrogen-bond acceptors (Lipinski definition) is 3. The number of fused-ring (bicyclic) bond motifs is 1. The van der Waals surface area contributed by atoms with Crippen LogP contribution in [0.5, 0.6) is 5.75 Å². The average Bonchev–Trinajstić information content (AvgIpc) is 2.07. The molecule has 3 heteroatoms. The molecule has 1 aromatic rings. The second kappa shape index (κ2) is 2.68. The first-order valence-corrected chi connectivity index (χ1v) is 3.98. The van der Waals surface area contributed by atoms with Gasteiger partial charge in [0.05, 0.1) is 18.4 Å². The molecule has 0 spiro atoms. The van der Waals surface area contributed by atoms with Crippen molar-refractivity contribution in [3.63, 3.8) is 0 Å². The molecule has 0 saturated carbocycles. The molecule has 0 aliphatic carbocycles. The zero-order valence-corrected chi connectivity index (χ0v) is 6.66. The molecule has 12 heavy (non-hydrogen) atoms. The molecule has 3 N–H and O–H groups in total. The van der Waals surface area contributed by atoms with Crippen LogP contribution in [0.25, 0.3) is 0 Å². The predicted molar refractivity (Wildman–Crippen MR) is 45.9 cm³/mol. The van der Waals surface area contributed by atoms with Gasteiger partial charge < -0.3 is 15.6 Å². The van der Waals surface area contributed by atoms with Gasteiger partial charge in [0.1, 0.15) is 5.75 Å². The van der Waals surface area contributed by atoms with Crippen LogP contribution in [0.3, 0.4) is 0 Å². The van der Waals surface area contributed by atoms with Crippen molar-refractivity contribution in [1.82, 2.24) is 0 Å². The molecule has 0 saturated heterocycles. The Labute approximate surface area is 70.8 Å². The van der Waals surface area contributed by atoms with E-state index in [1.54, 1.807) is 6.07 Å². The van der Waals surface area contributed by atoms with Crippen LogP contribution in [0.4, 0.5) is 5.69 Å². The molecule has 1 unspecified atom stereocenters. The number of para-hydroxylation sites is 1. The van der Waals surface area contributed by atoms with Crippen molar-refractivity contribution >= 4 is 5.69 Å². The van der Waals surface area contributed by atoms with Crippen LogP contribution in [-0.2, 0) is 0 Å². The number of nitrogens with two attached hydrogens (primary N) is 1. The highest BCUT2D eigenvalue weighted by Crippen LogP contribution is 2.35. The van der Waals surface area contributed by atoms with Crippen LogP contribution >= 0.6 is 0 Å². The summed E-state index contributed by atoms with van der Waals surface area (Å²) < 4.78 is 5.34. The lowest BCUT2D eigenvalue weighted by atomic mass is 10.0. The molecular weight excluding hydrogens is 154 g/mol. The molecule has 1 aliphatic heterocycles. The minimum atomic E-state index is -0.419. The largest absolute Gasteiger partial charge is 0.491 e. The van der Waals surface area contributed by atoms with Gasteiger partial charge in [0.15, 0.2) is 0 Å². The summed E-state index contributed by atoms with van der Waals surface area (Å²) in [6.45, 7) is 0.544. The Bertz CT molecular complexity index is 299. The standard InChI is InChI=1S/C9H11NO2/c10-7-3-1-2-6-8(11)4-5-12-9(6)7/h1-3,8,11H,4-5,10H2. The van der Waals surface area contributed by atoms with E-state index >= 15 is 0 Å². The van der Waals surface area contributed by atoms with Gasteiger partial charge in [-0.3, -0.25) is 0 Å². The highest BCUT2D eigenvalue weighted by atomic mass is 16.5. The van der Waals surface area contributed by atoms with E-state index in [-0.39, 0.29) is 0 Å². The summed E-state index contributed by atoms with van der Waals surface area (Å²) in [5.74, 6) is 0.649. The molecule has 0 fully saturated rings. The van der Waals surface area contributed by atoms with Gasteiger partial charge in [-0.2, -0.15) is 0 Å². The molecular formula is C9H11NO2. The SMILES string of the molecule is Nc1cccc2c1OCCC2O. The average molecular weight is 165 g/mol. The fourth-order valence-corrected chi connectivity index (χ4v) is 1.43. The summed E-state index contributed by atoms with van der Waals surface area (Å²) in [7, 11) is 0. The highest BCUT2D eigenvalue weighted by Gasteiger charge is 2.20. The highest BCUT2D eigenvalue weighted by molar-refractivity contribution is 5.57. The van der Waals surface area contributed by atoms with Crippen LogP contribution < -0.4 is 10.5 Å². The summed E-state index contributed by atoms with van der Waals surface area (Å²) in [4.78, 5) is 0. The molecule has 1 aliphatic rings. The van der Waals surface area contributed by atoms with Gasteiger partial charge >= 0.3 is 0 Å². The van der Waals surface area contributed by atoms with Gasteiger partial charge in [-0.25, -0.2) is 0 Å². The van der Waals surface area contributed by atoms with E-state index in [0.29, 0.717) is 24.5 Å². The first-order valence-electron chi connectivity index (χ1n) is 3.98. The van der Waals surface area contributed by atoms with E-state index < -0.39 is 6.10 Å². The van der Waals surface area contributed by atoms with E-state index in [1.165, 1.54) is 0 Å². The molecule has 64 valence electrons. The van der Waals surface area contributed by atoms with Crippen molar-refractivity contribution < 1.29 is 9.84 Å². The topological polar surface area (TPSA) is 55.5 Å². The summed E-state index contributed by atoms with van der Waals surface area (Å²) in [6, 6.07) is 5.44. The third kappa shape index (κ3) is 1.02. The number of rotatable bonds is 0. The van der Waals surface area contributed by atoms with E-state index in [0.717, 1.165) is 5.56 Å². The van der Waals surface area contributed by atoms with Crippen LogP contribution in [0.15, 0.2) is 18.2 Å². The number of aliphatic hydroxyl groups excluding tert-OH is 1. The molecule has 1 atom stereocenters. The zero-order valence-electron chi connectivity index (χ0n) is 6.66. The number of hydrogen-bond donors (Lipinski definition) is 2. The first-order chi connectivity index (χ1) is 5.79. The molecule has 0 radical (unpaired) electrons. The van der Waals surface area contributed by atoms with Crippen molar-refractivity contribution in [2.45, 2.75) is 12.5 Å². The molecule has 1 aromatic carbocycles. The molecule has 1 heterocycles. The van der Waals surface area contributed by atoms with Crippen molar-refractivity contribution in [2.75, 3.05) is 12.3 Å². The number of anilines is 1. The molecule has 0 aromatic heterocycles. The molecule has 0 amide bonds. The summed E-state index contributed by atoms with van der Waals surface area (Å²) in [5, 5.41) is 9.55. The Hall–Kier alpha value is -1.22. The third-order valence-corrected chi connectivity index (χ3v) is 2.07. The van der Waals surface area contributed by atoms with Gasteiger partial charge in [-0.1, -0.05) is 12.1 Å². The maximum Gasteiger partial charge on any atom is 0.147 e. The Morgan fingerprint density at radius 2 is 2.33 bits per heavy atom. The second-order valence-electron chi connectivity index (χ2n) is 2.92. The Balaban J connectivity index is 2.52. The number of benzene rings is 1. The minimum Gasteiger partial charge on any atom is -0.491 e. The lowest BCUT2D eigenvalue weighted by Crippen LogP contribution is -2.14. The summed E-state index contributed by atoms with van der Waals surface area (Å²) >= 11 is 0. The Morgan fingerprint density at radius 1 is 1.50 bits per heavy atom. The maximum atomic E-state index is 9.55. The number of ether oxygens (including phenoxy) is 1. The van der Waals surface area contributed by atoms with Crippen molar-refractivity contribution in [2.24, 2.45) is 0 Å². The van der Waals surface area contributed by atoms with Crippen molar-refractivity contribution in [3.05, 3.63) is 23.8 Å².